The molecule has 1 aliphatic rings. The van der Waals surface area contributed by atoms with Gasteiger partial charge in [0, 0.05) is 11.9 Å². The molecule has 1 saturated heterocycles. The molecule has 1 aliphatic heterocycles. The van der Waals surface area contributed by atoms with Crippen molar-refractivity contribution >= 4 is 27.3 Å². The Kier molecular flexibility index (Phi) is 7.27. The first-order valence-corrected chi connectivity index (χ1v) is 12.6. The highest BCUT2D eigenvalue weighted by Gasteiger charge is 2.46. The summed E-state index contributed by atoms with van der Waals surface area (Å²) in [5.74, 6) is 0.207. The number of hydrogen-bond acceptors (Lipinski definition) is 7. The normalized spacial score (nSPS) is 17.6. The fraction of sp³-hybridized carbons (Fsp3) is 0.524. The Labute approximate surface area is 194 Å². The van der Waals surface area contributed by atoms with Crippen LogP contribution in [0.4, 0.5) is 18.0 Å². The topological polar surface area (TPSA) is 85.8 Å². The van der Waals surface area contributed by atoms with Gasteiger partial charge >= 0.3 is 11.6 Å². The van der Waals surface area contributed by atoms with E-state index in [1.54, 1.807) is 10.3 Å². The van der Waals surface area contributed by atoms with Crippen LogP contribution in [0, 0.1) is 0 Å². The molecule has 1 amide bonds. The number of hydrogen-bond donors (Lipinski definition) is 0. The van der Waals surface area contributed by atoms with Crippen LogP contribution >= 0.6 is 11.3 Å². The number of amides is 1. The largest absolute Gasteiger partial charge is 0.501 e. The minimum atomic E-state index is -5.40. The van der Waals surface area contributed by atoms with Crippen LogP contribution in [0.3, 0.4) is 0 Å². The number of nitrogens with zero attached hydrogens (tertiary/aromatic N) is 2. The highest BCUT2D eigenvalue weighted by atomic mass is 32.2. The predicted molar refractivity (Wildman–Crippen MR) is 116 cm³/mol. The molecule has 12 heteroatoms. The molecule has 0 spiro atoms. The summed E-state index contributed by atoms with van der Waals surface area (Å²) in [6.45, 7) is 6.06. The van der Waals surface area contributed by atoms with Gasteiger partial charge in [-0.1, -0.05) is 0 Å². The van der Waals surface area contributed by atoms with Crippen LogP contribution in [0.1, 0.15) is 56.8 Å². The third kappa shape index (κ3) is 6.17. The third-order valence-electron chi connectivity index (χ3n) is 4.81. The first kappa shape index (κ1) is 25.3. The number of likely N-dealkylation sites (tertiary alicyclic amines) is 1. The van der Waals surface area contributed by atoms with E-state index in [0.29, 0.717) is 12.2 Å². The van der Waals surface area contributed by atoms with Crippen molar-refractivity contribution in [2.24, 2.45) is 0 Å². The highest BCUT2D eigenvalue weighted by molar-refractivity contribution is 7.92. The van der Waals surface area contributed by atoms with Crippen molar-refractivity contribution < 1.29 is 35.9 Å². The Hall–Kier alpha value is -2.34. The van der Waals surface area contributed by atoms with E-state index in [1.807, 2.05) is 20.8 Å². The van der Waals surface area contributed by atoms with Gasteiger partial charge in [0.05, 0.1) is 16.6 Å². The molecule has 0 aliphatic carbocycles. The molecule has 1 fully saturated rings. The lowest BCUT2D eigenvalue weighted by Crippen LogP contribution is -2.41. The molecular formula is C21H25F3N2O5S2. The highest BCUT2D eigenvalue weighted by Crippen LogP contribution is 2.34. The van der Waals surface area contributed by atoms with Gasteiger partial charge in [-0.2, -0.15) is 13.2 Å². The molecule has 0 radical (unpaired) electrons. The minimum absolute atomic E-state index is 0.0427. The second-order valence-corrected chi connectivity index (χ2v) is 11.4. The van der Waals surface area contributed by atoms with Crippen molar-refractivity contribution in [3.63, 3.8) is 0 Å². The van der Waals surface area contributed by atoms with Crippen molar-refractivity contribution in [1.82, 2.24) is 9.88 Å². The lowest BCUT2D eigenvalue weighted by Gasteiger charge is -2.35. The summed E-state index contributed by atoms with van der Waals surface area (Å²) in [6.07, 6.45) is 2.23. The summed E-state index contributed by atoms with van der Waals surface area (Å²) in [5, 5.41) is 2.55. The van der Waals surface area contributed by atoms with E-state index < -0.39 is 25.8 Å². The van der Waals surface area contributed by atoms with E-state index in [0.717, 1.165) is 48.5 Å². The minimum Gasteiger partial charge on any atom is -0.487 e. The fourth-order valence-electron chi connectivity index (χ4n) is 3.28. The van der Waals surface area contributed by atoms with Crippen LogP contribution < -0.4 is 4.74 Å². The number of piperidine rings is 1. The second kappa shape index (κ2) is 9.49. The zero-order valence-corrected chi connectivity index (χ0v) is 20.0. The summed E-state index contributed by atoms with van der Waals surface area (Å²) in [4.78, 5) is 18.0. The van der Waals surface area contributed by atoms with E-state index in [9.17, 15) is 26.4 Å². The number of carbonyl (C=O) groups excluding carboxylic acids is 1. The van der Waals surface area contributed by atoms with Gasteiger partial charge in [-0.3, -0.25) is 4.90 Å². The number of thiazole rings is 1. The molecule has 182 valence electrons. The number of sulfone groups is 1. The zero-order valence-electron chi connectivity index (χ0n) is 18.4. The molecule has 7 nitrogen and oxygen atoms in total. The summed E-state index contributed by atoms with van der Waals surface area (Å²) in [5.41, 5.74) is -5.37. The van der Waals surface area contributed by atoms with Crippen LogP contribution in [0.5, 0.6) is 5.75 Å². The number of ether oxygens (including phenoxy) is 2. The van der Waals surface area contributed by atoms with Crippen molar-refractivity contribution in [3.8, 4) is 5.75 Å². The monoisotopic (exact) mass is 506 g/mol. The molecule has 1 unspecified atom stereocenters. The fourth-order valence-corrected chi connectivity index (χ4v) is 4.99. The number of carbonyl (C=O) groups is 1. The van der Waals surface area contributed by atoms with Crippen molar-refractivity contribution in [2.45, 2.75) is 68.7 Å². The second-order valence-electron chi connectivity index (χ2n) is 8.57. The van der Waals surface area contributed by atoms with E-state index in [4.69, 9.17) is 9.47 Å². The molecule has 0 saturated carbocycles. The van der Waals surface area contributed by atoms with Crippen LogP contribution in [0.15, 0.2) is 34.5 Å². The lowest BCUT2D eigenvalue weighted by molar-refractivity contribution is -0.0436. The van der Waals surface area contributed by atoms with Crippen LogP contribution in [-0.2, 0) is 21.2 Å². The van der Waals surface area contributed by atoms with Gasteiger partial charge in [0.1, 0.15) is 23.0 Å². The first-order chi connectivity index (χ1) is 15.3. The number of halogens is 3. The summed E-state index contributed by atoms with van der Waals surface area (Å²) < 4.78 is 71.9. The zero-order chi connectivity index (χ0) is 24.4. The number of benzene rings is 1. The van der Waals surface area contributed by atoms with Gasteiger partial charge in [-0.15, -0.1) is 11.3 Å². The maximum absolute atomic E-state index is 12.6. The smallest absolute Gasteiger partial charge is 0.487 e. The Bertz CT molecular complexity index is 1080. The van der Waals surface area contributed by atoms with Gasteiger partial charge in [-0.05, 0) is 64.3 Å². The van der Waals surface area contributed by atoms with Gasteiger partial charge in [0.25, 0.3) is 9.84 Å². The average molecular weight is 507 g/mol. The number of rotatable bonds is 5. The molecule has 0 bridgehead atoms. The summed E-state index contributed by atoms with van der Waals surface area (Å²) in [7, 11) is -5.40. The standard InChI is InChI=1S/C21H25F3N2O5S2/c1-20(2,3)31-19(27)26-11-5-4-6-17(26)18-25-14(13-32-18)12-30-15-7-9-16(10-8-15)33(28,29)21(22,23)24/h7-10,13,17H,4-6,11-12H2,1-3H3. The number of aromatic nitrogens is 1. The van der Waals surface area contributed by atoms with E-state index in [1.165, 1.54) is 11.3 Å². The molecule has 0 N–H and O–H groups in total. The maximum atomic E-state index is 12.6. The SMILES string of the molecule is CC(C)(C)OC(=O)N1CCCCC1c1nc(COc2ccc(S(=O)(=O)C(F)(F)F)cc2)cs1. The molecule has 1 aromatic carbocycles. The van der Waals surface area contributed by atoms with E-state index in [-0.39, 0.29) is 24.5 Å². The van der Waals surface area contributed by atoms with E-state index >= 15 is 0 Å². The summed E-state index contributed by atoms with van der Waals surface area (Å²) >= 11 is 1.39. The number of alkyl halides is 3. The molecule has 2 aromatic rings. The first-order valence-electron chi connectivity index (χ1n) is 10.3. The van der Waals surface area contributed by atoms with Crippen molar-refractivity contribution in [1.29, 1.82) is 0 Å². The lowest BCUT2D eigenvalue weighted by atomic mass is 10.0. The van der Waals surface area contributed by atoms with Crippen LogP contribution in [-0.4, -0.2) is 42.0 Å². The molecule has 33 heavy (non-hydrogen) atoms. The van der Waals surface area contributed by atoms with Gasteiger partial charge in [0.15, 0.2) is 0 Å². The average Bonchev–Trinajstić information content (AvgIpc) is 3.19. The third-order valence-corrected chi connectivity index (χ3v) is 7.31. The van der Waals surface area contributed by atoms with Gasteiger partial charge in [-0.25, -0.2) is 18.2 Å². The van der Waals surface area contributed by atoms with Gasteiger partial charge < -0.3 is 9.47 Å². The quantitative estimate of drug-likeness (QED) is 0.534. The van der Waals surface area contributed by atoms with Gasteiger partial charge in [0.2, 0.25) is 0 Å². The predicted octanol–water partition coefficient (Wildman–Crippen LogP) is 5.48. The molecular weight excluding hydrogens is 481 g/mol. The van der Waals surface area contributed by atoms with E-state index in [2.05, 4.69) is 4.98 Å². The van der Waals surface area contributed by atoms with Crippen LogP contribution in [0.25, 0.3) is 0 Å². The Morgan fingerprint density at radius 2 is 1.85 bits per heavy atom. The Morgan fingerprint density at radius 1 is 1.18 bits per heavy atom. The molecule has 1 atom stereocenters. The summed E-state index contributed by atoms with van der Waals surface area (Å²) in [6, 6.07) is 3.84. The Morgan fingerprint density at radius 3 is 2.45 bits per heavy atom. The van der Waals surface area contributed by atoms with Crippen molar-refractivity contribution in [3.05, 3.63) is 40.3 Å². The maximum Gasteiger partial charge on any atom is 0.501 e. The molecule has 1 aromatic heterocycles. The van der Waals surface area contributed by atoms with Crippen molar-refractivity contribution in [2.75, 3.05) is 6.54 Å². The Balaban J connectivity index is 1.65. The molecule has 2 heterocycles. The molecule has 3 rings (SSSR count). The van der Waals surface area contributed by atoms with Crippen LogP contribution in [0.2, 0.25) is 0 Å².